The Hall–Kier alpha value is -1.72. The minimum atomic E-state index is -0.216. The van der Waals surface area contributed by atoms with Crippen molar-refractivity contribution in [1.82, 2.24) is 5.32 Å². The molecule has 0 saturated heterocycles. The molecule has 1 unspecified atom stereocenters. The molecule has 2 N–H and O–H groups in total. The van der Waals surface area contributed by atoms with Gasteiger partial charge in [-0.2, -0.15) is 11.3 Å². The lowest BCUT2D eigenvalue weighted by Gasteiger charge is -2.13. The van der Waals surface area contributed by atoms with E-state index in [1.165, 1.54) is 11.6 Å². The van der Waals surface area contributed by atoms with Crippen molar-refractivity contribution in [2.45, 2.75) is 13.0 Å². The third-order valence-corrected chi connectivity index (χ3v) is 3.95. The molecule has 2 aromatic rings. The summed E-state index contributed by atoms with van der Waals surface area (Å²) in [5, 5.41) is 6.98. The van der Waals surface area contributed by atoms with Crippen molar-refractivity contribution >= 4 is 17.2 Å². The van der Waals surface area contributed by atoms with Gasteiger partial charge in [-0.05, 0) is 34.9 Å². The van der Waals surface area contributed by atoms with Gasteiger partial charge in [0.05, 0.1) is 7.05 Å². The summed E-state index contributed by atoms with van der Waals surface area (Å²) in [5.41, 5.74) is 1.88. The molecule has 1 aromatic heterocycles. The predicted molar refractivity (Wildman–Crippen MR) is 82.9 cm³/mol. The third-order valence-electron chi connectivity index (χ3n) is 3.22. The van der Waals surface area contributed by atoms with Crippen molar-refractivity contribution in [3.63, 3.8) is 0 Å². The molecule has 3 nitrogen and oxygen atoms in total. The van der Waals surface area contributed by atoms with Crippen LogP contribution in [0.2, 0.25) is 0 Å². The van der Waals surface area contributed by atoms with Crippen LogP contribution in [0.25, 0.3) is 0 Å². The zero-order chi connectivity index (χ0) is 15.1. The van der Waals surface area contributed by atoms with Crippen molar-refractivity contribution in [2.24, 2.45) is 0 Å². The topological polar surface area (TPSA) is 33.5 Å². The highest BCUT2D eigenvalue weighted by Crippen LogP contribution is 2.06. The van der Waals surface area contributed by atoms with Gasteiger partial charge in [-0.3, -0.25) is 4.79 Å². The van der Waals surface area contributed by atoms with Gasteiger partial charge in [-0.25, -0.2) is 4.39 Å². The van der Waals surface area contributed by atoms with Gasteiger partial charge < -0.3 is 10.2 Å². The summed E-state index contributed by atoms with van der Waals surface area (Å²) in [7, 11) is 1.99. The Morgan fingerprint density at radius 3 is 2.86 bits per heavy atom. The van der Waals surface area contributed by atoms with E-state index in [2.05, 4.69) is 16.8 Å². The average molecular weight is 307 g/mol. The summed E-state index contributed by atoms with van der Waals surface area (Å²) in [6.45, 7) is 1.73. The molecule has 0 saturated carbocycles. The number of hydrogen-bond acceptors (Lipinski definition) is 2. The second-order valence-corrected chi connectivity index (χ2v) is 5.91. The summed E-state index contributed by atoms with van der Waals surface area (Å²) in [6, 6.07) is 8.73. The number of carbonyl (C=O) groups is 1. The Morgan fingerprint density at radius 2 is 2.14 bits per heavy atom. The fourth-order valence-electron chi connectivity index (χ4n) is 2.18. The number of amides is 1. The quantitative estimate of drug-likeness (QED) is 0.793. The number of benzene rings is 1. The van der Waals surface area contributed by atoms with E-state index in [9.17, 15) is 9.18 Å². The lowest BCUT2D eigenvalue weighted by atomic mass is 10.1. The fraction of sp³-hybridized carbons (Fsp3) is 0.312. The van der Waals surface area contributed by atoms with Gasteiger partial charge in [-0.1, -0.05) is 18.2 Å². The highest BCUT2D eigenvalue weighted by molar-refractivity contribution is 7.07. The first-order chi connectivity index (χ1) is 10.1. The molecule has 112 valence electrons. The first kappa shape index (κ1) is 15.7. The van der Waals surface area contributed by atoms with Gasteiger partial charge in [0, 0.05) is 12.1 Å². The first-order valence-electron chi connectivity index (χ1n) is 6.97. The number of likely N-dealkylation sites (N-methyl/N-ethyl adjacent to an activating group) is 1. The van der Waals surface area contributed by atoms with Crippen molar-refractivity contribution in [1.29, 1.82) is 0 Å². The number of nitrogens with one attached hydrogen (secondary N) is 2. The third kappa shape index (κ3) is 5.28. The Morgan fingerprint density at radius 1 is 1.33 bits per heavy atom. The van der Waals surface area contributed by atoms with Gasteiger partial charge in [0.15, 0.2) is 6.54 Å². The molecule has 1 aromatic carbocycles. The molecule has 1 atom stereocenters. The number of quaternary nitrogens is 1. The summed E-state index contributed by atoms with van der Waals surface area (Å²) in [6.07, 6.45) is 0.516. The zero-order valence-electron chi connectivity index (χ0n) is 12.1. The molecule has 0 aliphatic rings. The molecule has 2 rings (SSSR count). The van der Waals surface area contributed by atoms with Crippen molar-refractivity contribution in [2.75, 3.05) is 20.1 Å². The molecule has 0 spiro atoms. The van der Waals surface area contributed by atoms with Gasteiger partial charge in [0.2, 0.25) is 0 Å². The lowest BCUT2D eigenvalue weighted by Crippen LogP contribution is -3.08. The molecular formula is C16H20FN2OS+. The van der Waals surface area contributed by atoms with E-state index in [4.69, 9.17) is 0 Å². The molecule has 1 heterocycles. The Bertz CT molecular complexity index is 571. The second-order valence-electron chi connectivity index (χ2n) is 5.13. The van der Waals surface area contributed by atoms with Gasteiger partial charge >= 0.3 is 0 Å². The molecule has 0 aliphatic carbocycles. The average Bonchev–Trinajstić information content (AvgIpc) is 2.93. The minimum Gasteiger partial charge on any atom is -0.351 e. The van der Waals surface area contributed by atoms with E-state index in [-0.39, 0.29) is 11.7 Å². The Balaban J connectivity index is 1.69. The first-order valence-corrected chi connectivity index (χ1v) is 7.92. The number of rotatable bonds is 7. The summed E-state index contributed by atoms with van der Waals surface area (Å²) in [4.78, 5) is 13.0. The van der Waals surface area contributed by atoms with Crippen molar-refractivity contribution in [3.05, 3.63) is 58.0 Å². The van der Waals surface area contributed by atoms with Crippen molar-refractivity contribution in [3.8, 4) is 0 Å². The predicted octanol–water partition coefficient (Wildman–Crippen LogP) is 1.26. The molecule has 21 heavy (non-hydrogen) atoms. The van der Waals surface area contributed by atoms with E-state index in [0.717, 1.165) is 11.4 Å². The number of halogens is 1. The molecule has 0 bridgehead atoms. The summed E-state index contributed by atoms with van der Waals surface area (Å²) < 4.78 is 13.4. The van der Waals surface area contributed by atoms with Crippen LogP contribution in [0.1, 0.15) is 11.1 Å². The van der Waals surface area contributed by atoms with Gasteiger partial charge in [0.25, 0.3) is 5.91 Å². The maximum atomic E-state index is 13.4. The number of carbonyl (C=O) groups excluding carboxylic acids is 1. The van der Waals surface area contributed by atoms with Gasteiger partial charge in [0.1, 0.15) is 12.4 Å². The van der Waals surface area contributed by atoms with E-state index in [0.29, 0.717) is 25.1 Å². The Kier molecular flexibility index (Phi) is 5.90. The monoisotopic (exact) mass is 307 g/mol. The normalized spacial score (nSPS) is 12.1. The standard InChI is InChI=1S/C16H19FN2OS/c1-19(10-13-7-9-21-12-13)11-16(20)18-8-6-14-4-2-3-5-15(14)17/h2-5,7,9,12H,6,8,10-11H2,1H3,(H,18,20)/p+1. The maximum absolute atomic E-state index is 13.4. The Labute approximate surface area is 128 Å². The van der Waals surface area contributed by atoms with E-state index < -0.39 is 0 Å². The van der Waals surface area contributed by atoms with Crippen LogP contribution in [0.15, 0.2) is 41.1 Å². The van der Waals surface area contributed by atoms with E-state index in [1.54, 1.807) is 29.5 Å². The van der Waals surface area contributed by atoms with E-state index >= 15 is 0 Å². The van der Waals surface area contributed by atoms with Crippen LogP contribution >= 0.6 is 11.3 Å². The van der Waals surface area contributed by atoms with Crippen LogP contribution in [0.5, 0.6) is 0 Å². The largest absolute Gasteiger partial charge is 0.351 e. The fourth-order valence-corrected chi connectivity index (χ4v) is 2.85. The summed E-state index contributed by atoms with van der Waals surface area (Å²) in [5.74, 6) is -0.217. The minimum absolute atomic E-state index is 0.000862. The zero-order valence-corrected chi connectivity index (χ0v) is 12.9. The smallest absolute Gasteiger partial charge is 0.275 e. The SMILES string of the molecule is C[NH+](CC(=O)NCCc1ccccc1F)Cc1ccsc1. The maximum Gasteiger partial charge on any atom is 0.275 e. The van der Waals surface area contributed by atoms with Crippen LogP contribution in [0.4, 0.5) is 4.39 Å². The molecule has 0 aliphatic heterocycles. The second kappa shape index (κ2) is 7.90. The molecular weight excluding hydrogens is 287 g/mol. The highest BCUT2D eigenvalue weighted by atomic mass is 32.1. The van der Waals surface area contributed by atoms with Crippen LogP contribution in [-0.2, 0) is 17.8 Å². The van der Waals surface area contributed by atoms with Crippen LogP contribution in [0, 0.1) is 5.82 Å². The van der Waals surface area contributed by atoms with Gasteiger partial charge in [-0.15, -0.1) is 0 Å². The molecule has 0 fully saturated rings. The highest BCUT2D eigenvalue weighted by Gasteiger charge is 2.10. The van der Waals surface area contributed by atoms with Crippen LogP contribution in [0.3, 0.4) is 0 Å². The molecule has 5 heteroatoms. The number of thiophene rings is 1. The van der Waals surface area contributed by atoms with E-state index in [1.807, 2.05) is 12.4 Å². The van der Waals surface area contributed by atoms with Crippen LogP contribution in [-0.4, -0.2) is 26.0 Å². The van der Waals surface area contributed by atoms with Crippen LogP contribution < -0.4 is 10.2 Å². The number of hydrogen-bond donors (Lipinski definition) is 2. The molecule has 0 radical (unpaired) electrons. The van der Waals surface area contributed by atoms with Crippen molar-refractivity contribution < 1.29 is 14.1 Å². The molecule has 1 amide bonds. The summed E-state index contributed by atoms with van der Waals surface area (Å²) >= 11 is 1.66. The lowest BCUT2D eigenvalue weighted by molar-refractivity contribution is -0.885.